The van der Waals surface area contributed by atoms with Gasteiger partial charge in [-0.1, -0.05) is 20.3 Å². The zero-order valence-electron chi connectivity index (χ0n) is 12.0. The van der Waals surface area contributed by atoms with E-state index in [1.807, 2.05) is 6.92 Å². The van der Waals surface area contributed by atoms with Crippen LogP contribution in [0.3, 0.4) is 0 Å². The summed E-state index contributed by atoms with van der Waals surface area (Å²) < 4.78 is 0. The van der Waals surface area contributed by atoms with Crippen LogP contribution >= 0.6 is 0 Å². The number of hydrogen-bond acceptors (Lipinski definition) is 3. The summed E-state index contributed by atoms with van der Waals surface area (Å²) in [4.78, 5) is 14.7. The summed E-state index contributed by atoms with van der Waals surface area (Å²) in [5.41, 5.74) is -0.702. The van der Waals surface area contributed by atoms with Gasteiger partial charge in [0.2, 0.25) is 0 Å². The van der Waals surface area contributed by atoms with Crippen LogP contribution < -0.4 is 0 Å². The van der Waals surface area contributed by atoms with Gasteiger partial charge in [-0.25, -0.2) is 0 Å². The fraction of sp³-hybridized carbons (Fsp3) is 0.933. The molecular formula is C15H27NO2. The number of ketones is 1. The second-order valence-electron chi connectivity index (χ2n) is 7.17. The van der Waals surface area contributed by atoms with E-state index < -0.39 is 5.60 Å². The number of hydrogen-bond donors (Lipinski definition) is 1. The smallest absolute Gasteiger partial charge is 0.142 e. The number of carbonyl (C=O) groups is 1. The third-order valence-corrected chi connectivity index (χ3v) is 4.62. The van der Waals surface area contributed by atoms with Crippen LogP contribution in [0, 0.1) is 11.3 Å². The molecule has 1 N–H and O–H groups in total. The molecule has 0 spiro atoms. The van der Waals surface area contributed by atoms with Crippen molar-refractivity contribution in [3.63, 3.8) is 0 Å². The summed E-state index contributed by atoms with van der Waals surface area (Å²) in [6.07, 6.45) is 5.14. The first-order valence-electron chi connectivity index (χ1n) is 7.29. The zero-order chi connectivity index (χ0) is 13.4. The molecule has 0 aromatic heterocycles. The first-order chi connectivity index (χ1) is 8.30. The number of piperidine rings is 1. The molecule has 0 bridgehead atoms. The summed E-state index contributed by atoms with van der Waals surface area (Å²) in [7, 11) is 0. The first-order valence-corrected chi connectivity index (χ1v) is 7.29. The Bertz CT molecular complexity index is 322. The van der Waals surface area contributed by atoms with E-state index in [4.69, 9.17) is 0 Å². The van der Waals surface area contributed by atoms with Crippen molar-refractivity contribution >= 4 is 5.78 Å². The minimum atomic E-state index is -0.564. The maximum absolute atomic E-state index is 12.4. The van der Waals surface area contributed by atoms with Crippen molar-refractivity contribution in [3.8, 4) is 0 Å². The number of rotatable bonds is 2. The Morgan fingerprint density at radius 1 is 1.28 bits per heavy atom. The maximum atomic E-state index is 12.4. The molecular weight excluding hydrogens is 226 g/mol. The molecule has 2 unspecified atom stereocenters. The van der Waals surface area contributed by atoms with Crippen LogP contribution in [0.5, 0.6) is 0 Å². The predicted molar refractivity (Wildman–Crippen MR) is 72.4 cm³/mol. The lowest BCUT2D eigenvalue weighted by molar-refractivity contribution is -0.135. The summed E-state index contributed by atoms with van der Waals surface area (Å²) in [6.45, 7) is 8.66. The Morgan fingerprint density at radius 2 is 2.00 bits per heavy atom. The van der Waals surface area contributed by atoms with Crippen molar-refractivity contribution in [2.24, 2.45) is 11.3 Å². The van der Waals surface area contributed by atoms with Crippen molar-refractivity contribution in [2.45, 2.75) is 58.5 Å². The summed E-state index contributed by atoms with van der Waals surface area (Å²) >= 11 is 0. The molecule has 0 aromatic carbocycles. The van der Waals surface area contributed by atoms with Gasteiger partial charge in [-0.05, 0) is 39.2 Å². The number of β-amino-alcohol motifs (C(OH)–C–C–N with tert-alkyl or cyclic N) is 1. The Morgan fingerprint density at radius 3 is 2.67 bits per heavy atom. The number of likely N-dealkylation sites (tertiary alicyclic amines) is 1. The third kappa shape index (κ3) is 3.12. The molecule has 1 heterocycles. The number of aliphatic hydroxyl groups is 1. The SMILES string of the molecule is CC1(O)CCCN(CC2CCCC(C)(C)C2=O)C1. The zero-order valence-corrected chi connectivity index (χ0v) is 12.0. The highest BCUT2D eigenvalue weighted by Gasteiger charge is 2.39. The molecule has 2 fully saturated rings. The molecule has 0 radical (unpaired) electrons. The summed E-state index contributed by atoms with van der Waals surface area (Å²) in [5.74, 6) is 0.613. The molecule has 3 heteroatoms. The van der Waals surface area contributed by atoms with Crippen molar-refractivity contribution < 1.29 is 9.90 Å². The van der Waals surface area contributed by atoms with Gasteiger partial charge >= 0.3 is 0 Å². The van der Waals surface area contributed by atoms with E-state index in [0.717, 1.165) is 51.7 Å². The quantitative estimate of drug-likeness (QED) is 0.820. The fourth-order valence-electron chi connectivity index (χ4n) is 3.56. The second kappa shape index (κ2) is 4.93. The van der Waals surface area contributed by atoms with E-state index in [-0.39, 0.29) is 11.3 Å². The van der Waals surface area contributed by atoms with Gasteiger partial charge in [-0.2, -0.15) is 0 Å². The van der Waals surface area contributed by atoms with Crippen LogP contribution in [-0.4, -0.2) is 41.0 Å². The monoisotopic (exact) mass is 253 g/mol. The molecule has 2 atom stereocenters. The highest BCUT2D eigenvalue weighted by molar-refractivity contribution is 5.87. The van der Waals surface area contributed by atoms with Gasteiger partial charge in [0, 0.05) is 24.4 Å². The van der Waals surface area contributed by atoms with Gasteiger partial charge in [0.1, 0.15) is 5.78 Å². The van der Waals surface area contributed by atoms with Crippen molar-refractivity contribution in [1.82, 2.24) is 4.90 Å². The maximum Gasteiger partial charge on any atom is 0.142 e. The van der Waals surface area contributed by atoms with Gasteiger partial charge in [-0.3, -0.25) is 9.69 Å². The predicted octanol–water partition coefficient (Wildman–Crippen LogP) is 2.23. The molecule has 1 aliphatic carbocycles. The highest BCUT2D eigenvalue weighted by atomic mass is 16.3. The fourth-order valence-corrected chi connectivity index (χ4v) is 3.56. The second-order valence-corrected chi connectivity index (χ2v) is 7.17. The molecule has 1 aliphatic heterocycles. The average molecular weight is 253 g/mol. The van der Waals surface area contributed by atoms with E-state index >= 15 is 0 Å². The van der Waals surface area contributed by atoms with E-state index in [1.54, 1.807) is 0 Å². The Balaban J connectivity index is 1.95. The standard InChI is InChI=1S/C15H27NO2/c1-14(2)7-4-6-12(13(14)17)10-16-9-5-8-15(3,18)11-16/h12,18H,4-11H2,1-3H3. The third-order valence-electron chi connectivity index (χ3n) is 4.62. The lowest BCUT2D eigenvalue weighted by atomic mass is 9.71. The minimum absolute atomic E-state index is 0.138. The molecule has 104 valence electrons. The van der Waals surface area contributed by atoms with Crippen molar-refractivity contribution in [3.05, 3.63) is 0 Å². The molecule has 18 heavy (non-hydrogen) atoms. The number of carbonyl (C=O) groups excluding carboxylic acids is 1. The van der Waals surface area contributed by atoms with E-state index in [9.17, 15) is 9.90 Å². The van der Waals surface area contributed by atoms with Gasteiger partial charge in [-0.15, -0.1) is 0 Å². The summed E-state index contributed by atoms with van der Waals surface area (Å²) in [6, 6.07) is 0. The van der Waals surface area contributed by atoms with E-state index in [1.165, 1.54) is 0 Å². The van der Waals surface area contributed by atoms with Crippen LogP contribution in [0.25, 0.3) is 0 Å². The lowest BCUT2D eigenvalue weighted by Gasteiger charge is -2.41. The molecule has 2 aliphatic rings. The van der Waals surface area contributed by atoms with Crippen LogP contribution in [0.2, 0.25) is 0 Å². The van der Waals surface area contributed by atoms with Gasteiger partial charge in [0.15, 0.2) is 0 Å². The van der Waals surface area contributed by atoms with Crippen LogP contribution in [0.1, 0.15) is 52.9 Å². The highest BCUT2D eigenvalue weighted by Crippen LogP contribution is 2.36. The normalized spacial score (nSPS) is 37.8. The Kier molecular flexibility index (Phi) is 3.84. The largest absolute Gasteiger partial charge is 0.389 e. The van der Waals surface area contributed by atoms with Crippen molar-refractivity contribution in [2.75, 3.05) is 19.6 Å². The molecule has 0 amide bonds. The molecule has 1 saturated heterocycles. The molecule has 3 nitrogen and oxygen atoms in total. The minimum Gasteiger partial charge on any atom is -0.389 e. The number of Topliss-reactive ketones (excluding diaryl/α,β-unsaturated/α-hetero) is 1. The summed E-state index contributed by atoms with van der Waals surface area (Å²) in [5, 5.41) is 10.1. The van der Waals surface area contributed by atoms with Crippen LogP contribution in [0.4, 0.5) is 0 Å². The topological polar surface area (TPSA) is 40.5 Å². The van der Waals surface area contributed by atoms with Crippen LogP contribution in [-0.2, 0) is 4.79 Å². The van der Waals surface area contributed by atoms with Crippen molar-refractivity contribution in [1.29, 1.82) is 0 Å². The molecule has 0 aromatic rings. The van der Waals surface area contributed by atoms with E-state index in [2.05, 4.69) is 18.7 Å². The van der Waals surface area contributed by atoms with Crippen LogP contribution in [0.15, 0.2) is 0 Å². The Hall–Kier alpha value is -0.410. The average Bonchev–Trinajstić information content (AvgIpc) is 2.23. The van der Waals surface area contributed by atoms with Gasteiger partial charge in [0.25, 0.3) is 0 Å². The van der Waals surface area contributed by atoms with E-state index in [0.29, 0.717) is 5.78 Å². The molecule has 2 rings (SSSR count). The molecule has 1 saturated carbocycles. The first kappa shape index (κ1) is 14.0. The van der Waals surface area contributed by atoms with Gasteiger partial charge < -0.3 is 5.11 Å². The lowest BCUT2D eigenvalue weighted by Crippen LogP contribution is -2.50. The van der Waals surface area contributed by atoms with Gasteiger partial charge in [0.05, 0.1) is 5.60 Å². The number of nitrogens with zero attached hydrogens (tertiary/aromatic N) is 1. The Labute approximate surface area is 111 Å².